The van der Waals surface area contributed by atoms with Crippen LogP contribution in [0.25, 0.3) is 22.6 Å². The molecule has 3 aromatic heterocycles. The van der Waals surface area contributed by atoms with Crippen LogP contribution < -0.4 is 0 Å². The van der Waals surface area contributed by atoms with Gasteiger partial charge in [-0.3, -0.25) is 10.00 Å². The molecule has 0 fully saturated rings. The highest BCUT2D eigenvalue weighted by Crippen LogP contribution is 2.32. The lowest BCUT2D eigenvalue weighted by atomic mass is 10.1. The first kappa shape index (κ1) is 18.3. The molecule has 0 aliphatic heterocycles. The van der Waals surface area contributed by atoms with Crippen LogP contribution in [0.1, 0.15) is 23.3 Å². The summed E-state index contributed by atoms with van der Waals surface area (Å²) in [5.41, 5.74) is 4.92. The summed E-state index contributed by atoms with van der Waals surface area (Å²) in [7, 11) is 4.13. The van der Waals surface area contributed by atoms with Crippen molar-refractivity contribution in [2.24, 2.45) is 0 Å². The second kappa shape index (κ2) is 7.48. The Morgan fingerprint density at radius 1 is 1.11 bits per heavy atom. The number of aromatic nitrogens is 4. The zero-order valence-electron chi connectivity index (χ0n) is 16.7. The summed E-state index contributed by atoms with van der Waals surface area (Å²) >= 11 is 0. The van der Waals surface area contributed by atoms with Gasteiger partial charge in [-0.1, -0.05) is 30.3 Å². The summed E-state index contributed by atoms with van der Waals surface area (Å²) in [6.45, 7) is 4.69. The van der Waals surface area contributed by atoms with Crippen LogP contribution in [0.4, 0.5) is 0 Å². The van der Waals surface area contributed by atoms with Crippen molar-refractivity contribution >= 4 is 0 Å². The zero-order chi connectivity index (χ0) is 19.7. The molecule has 0 radical (unpaired) electrons. The van der Waals surface area contributed by atoms with Gasteiger partial charge in [0.05, 0.1) is 23.8 Å². The van der Waals surface area contributed by atoms with Gasteiger partial charge >= 0.3 is 0 Å². The minimum Gasteiger partial charge on any atom is -0.465 e. The predicted molar refractivity (Wildman–Crippen MR) is 110 cm³/mol. The van der Waals surface area contributed by atoms with Gasteiger partial charge in [-0.15, -0.1) is 0 Å². The molecule has 0 aliphatic rings. The van der Waals surface area contributed by atoms with Gasteiger partial charge in [0.15, 0.2) is 0 Å². The summed E-state index contributed by atoms with van der Waals surface area (Å²) in [6, 6.07) is 16.4. The Morgan fingerprint density at radius 2 is 1.89 bits per heavy atom. The Kier molecular flexibility index (Phi) is 4.88. The van der Waals surface area contributed by atoms with E-state index in [-0.39, 0.29) is 6.04 Å². The number of nitrogens with zero attached hydrogens (tertiary/aromatic N) is 4. The van der Waals surface area contributed by atoms with Crippen molar-refractivity contribution in [3.63, 3.8) is 0 Å². The van der Waals surface area contributed by atoms with Gasteiger partial charge in [-0.05, 0) is 46.1 Å². The Balaban J connectivity index is 1.79. The number of likely N-dealkylation sites (N-methyl/N-ethyl adjacent to an activating group) is 1. The second-order valence-corrected chi connectivity index (χ2v) is 7.32. The average Bonchev–Trinajstić information content (AvgIpc) is 3.39. The molecule has 144 valence electrons. The Morgan fingerprint density at radius 3 is 2.50 bits per heavy atom. The fraction of sp³-hybridized carbons (Fsp3) is 0.273. The largest absolute Gasteiger partial charge is 0.465 e. The maximum absolute atomic E-state index is 5.92. The normalized spacial score (nSPS) is 12.6. The summed E-state index contributed by atoms with van der Waals surface area (Å²) < 4.78 is 8.09. The van der Waals surface area contributed by atoms with Crippen LogP contribution in [-0.4, -0.2) is 38.7 Å². The number of aryl methyl sites for hydroxylation is 2. The third kappa shape index (κ3) is 3.51. The molecule has 0 aliphatic carbocycles. The Bertz CT molecular complexity index is 1060. The van der Waals surface area contributed by atoms with Crippen LogP contribution >= 0.6 is 0 Å². The van der Waals surface area contributed by atoms with Gasteiger partial charge in [0.2, 0.25) is 0 Å². The third-order valence-corrected chi connectivity index (χ3v) is 4.92. The van der Waals surface area contributed by atoms with Gasteiger partial charge in [-0.2, -0.15) is 5.10 Å². The third-order valence-electron chi connectivity index (χ3n) is 4.92. The van der Waals surface area contributed by atoms with Crippen LogP contribution in [-0.2, 0) is 6.54 Å². The predicted octanol–water partition coefficient (Wildman–Crippen LogP) is 4.45. The number of benzene rings is 1. The molecule has 28 heavy (non-hydrogen) atoms. The summed E-state index contributed by atoms with van der Waals surface area (Å²) in [4.78, 5) is 6.91. The molecular weight excluding hydrogens is 350 g/mol. The highest BCUT2D eigenvalue weighted by Gasteiger charge is 2.23. The standard InChI is InChI=1S/C22H25N5O/c1-15-12-18(25-24-15)22-21(17-8-6-5-7-9-17)23-14-27(22)13-19(26(3)4)20-11-10-16(2)28-20/h5-12,14,19H,13H2,1-4H3,(H,24,25)/t19-/m1/s1. The van der Waals surface area contributed by atoms with Crippen LogP contribution in [0.3, 0.4) is 0 Å². The van der Waals surface area contributed by atoms with Gasteiger partial charge in [0.1, 0.15) is 17.2 Å². The lowest BCUT2D eigenvalue weighted by Gasteiger charge is -2.23. The Labute approximate surface area is 164 Å². The van der Waals surface area contributed by atoms with Crippen molar-refractivity contribution in [3.8, 4) is 22.6 Å². The number of hydrogen-bond acceptors (Lipinski definition) is 4. The van der Waals surface area contributed by atoms with E-state index >= 15 is 0 Å². The van der Waals surface area contributed by atoms with Crippen LogP contribution in [0.15, 0.2) is 59.3 Å². The molecule has 0 bridgehead atoms. The van der Waals surface area contributed by atoms with E-state index in [1.807, 2.05) is 50.5 Å². The molecule has 0 unspecified atom stereocenters. The smallest absolute Gasteiger partial charge is 0.123 e. The van der Waals surface area contributed by atoms with Crippen LogP contribution in [0.2, 0.25) is 0 Å². The number of H-pyrrole nitrogens is 1. The molecule has 0 amide bonds. The van der Waals surface area contributed by atoms with Gasteiger partial charge < -0.3 is 8.98 Å². The first-order valence-electron chi connectivity index (χ1n) is 9.38. The van der Waals surface area contributed by atoms with Crippen LogP contribution in [0.5, 0.6) is 0 Å². The number of rotatable bonds is 6. The molecule has 1 aromatic carbocycles. The molecule has 0 saturated heterocycles. The van der Waals surface area contributed by atoms with Gasteiger partial charge in [0, 0.05) is 17.8 Å². The van der Waals surface area contributed by atoms with Gasteiger partial charge in [-0.25, -0.2) is 4.98 Å². The number of furan rings is 1. The lowest BCUT2D eigenvalue weighted by molar-refractivity contribution is 0.231. The quantitative estimate of drug-likeness (QED) is 0.541. The van der Waals surface area contributed by atoms with Crippen molar-refractivity contribution in [1.82, 2.24) is 24.6 Å². The molecule has 1 N–H and O–H groups in total. The van der Waals surface area contributed by atoms with E-state index in [0.29, 0.717) is 6.54 Å². The summed E-state index contributed by atoms with van der Waals surface area (Å²) in [5, 5.41) is 7.57. The average molecular weight is 375 g/mol. The van der Waals surface area contributed by atoms with Gasteiger partial charge in [0.25, 0.3) is 0 Å². The fourth-order valence-electron chi connectivity index (χ4n) is 3.46. The fourth-order valence-corrected chi connectivity index (χ4v) is 3.46. The molecule has 6 heteroatoms. The summed E-state index contributed by atoms with van der Waals surface area (Å²) in [6.07, 6.45) is 1.90. The van der Waals surface area contributed by atoms with E-state index in [0.717, 1.165) is 39.9 Å². The maximum atomic E-state index is 5.92. The maximum Gasteiger partial charge on any atom is 0.123 e. The first-order valence-corrected chi connectivity index (χ1v) is 9.38. The molecule has 0 spiro atoms. The number of nitrogens with one attached hydrogen (secondary N) is 1. The minimum absolute atomic E-state index is 0.0883. The minimum atomic E-state index is 0.0883. The van der Waals surface area contributed by atoms with E-state index in [4.69, 9.17) is 9.40 Å². The monoisotopic (exact) mass is 375 g/mol. The van der Waals surface area contributed by atoms with E-state index in [2.05, 4.69) is 52.0 Å². The molecule has 1 atom stereocenters. The molecular formula is C22H25N5O. The Hall–Kier alpha value is -3.12. The topological polar surface area (TPSA) is 62.9 Å². The van der Waals surface area contributed by atoms with Crippen molar-refractivity contribution < 1.29 is 4.42 Å². The van der Waals surface area contributed by atoms with Crippen molar-refractivity contribution in [2.75, 3.05) is 14.1 Å². The lowest BCUT2D eigenvalue weighted by Crippen LogP contribution is -2.24. The first-order chi connectivity index (χ1) is 13.5. The molecule has 4 rings (SSSR count). The second-order valence-electron chi connectivity index (χ2n) is 7.32. The molecule has 6 nitrogen and oxygen atoms in total. The molecule has 3 heterocycles. The van der Waals surface area contributed by atoms with E-state index < -0.39 is 0 Å². The highest BCUT2D eigenvalue weighted by atomic mass is 16.3. The van der Waals surface area contributed by atoms with E-state index in [9.17, 15) is 0 Å². The van der Waals surface area contributed by atoms with Crippen LogP contribution in [0, 0.1) is 13.8 Å². The summed E-state index contributed by atoms with van der Waals surface area (Å²) in [5.74, 6) is 1.86. The van der Waals surface area contributed by atoms with Crippen molar-refractivity contribution in [2.45, 2.75) is 26.4 Å². The zero-order valence-corrected chi connectivity index (χ0v) is 16.7. The number of hydrogen-bond donors (Lipinski definition) is 1. The number of imidazole rings is 1. The van der Waals surface area contributed by atoms with Crippen molar-refractivity contribution in [3.05, 3.63) is 72.1 Å². The number of aromatic amines is 1. The molecule has 4 aromatic rings. The highest BCUT2D eigenvalue weighted by molar-refractivity contribution is 5.76. The molecule has 0 saturated carbocycles. The van der Waals surface area contributed by atoms with E-state index in [1.165, 1.54) is 0 Å². The SMILES string of the molecule is Cc1cc(-c2c(-c3ccccc3)ncn2C[C@H](c2ccc(C)o2)N(C)C)n[nH]1. The van der Waals surface area contributed by atoms with Crippen molar-refractivity contribution in [1.29, 1.82) is 0 Å². The van der Waals surface area contributed by atoms with E-state index in [1.54, 1.807) is 0 Å².